The van der Waals surface area contributed by atoms with Crippen LogP contribution < -0.4 is 10.6 Å². The second-order valence-electron chi connectivity index (χ2n) is 7.23. The van der Waals surface area contributed by atoms with Gasteiger partial charge < -0.3 is 19.5 Å². The van der Waals surface area contributed by atoms with Crippen molar-refractivity contribution in [3.63, 3.8) is 0 Å². The summed E-state index contributed by atoms with van der Waals surface area (Å²) in [5.41, 5.74) is 1.73. The molecule has 1 aromatic carbocycles. The Bertz CT molecular complexity index is 1250. The van der Waals surface area contributed by atoms with Gasteiger partial charge in [0.05, 0.1) is 23.4 Å². The molecular weight excluding hydrogens is 428 g/mol. The van der Waals surface area contributed by atoms with E-state index in [4.69, 9.17) is 8.83 Å². The summed E-state index contributed by atoms with van der Waals surface area (Å²) in [6.07, 6.45) is 1.56. The molecule has 0 fully saturated rings. The molecule has 1 atom stereocenters. The number of carbonyl (C=O) groups is 2. The first-order valence-corrected chi connectivity index (χ1v) is 11.0. The minimum absolute atomic E-state index is 0.0985. The molecule has 0 aliphatic rings. The van der Waals surface area contributed by atoms with Gasteiger partial charge in [0.15, 0.2) is 5.16 Å². The first-order chi connectivity index (χ1) is 15.4. The van der Waals surface area contributed by atoms with E-state index in [1.807, 2.05) is 26.8 Å². The van der Waals surface area contributed by atoms with E-state index in [-0.39, 0.29) is 23.6 Å². The molecule has 164 valence electrons. The van der Waals surface area contributed by atoms with Gasteiger partial charge in [0, 0.05) is 11.1 Å². The van der Waals surface area contributed by atoms with Crippen LogP contribution in [0.15, 0.2) is 62.7 Å². The molecule has 3 heterocycles. The van der Waals surface area contributed by atoms with E-state index in [2.05, 4.69) is 20.6 Å². The smallest absolute Gasteiger partial charge is 0.256 e. The normalized spacial score (nSPS) is 12.0. The first-order valence-electron chi connectivity index (χ1n) is 10.0. The van der Waals surface area contributed by atoms with E-state index in [0.29, 0.717) is 39.2 Å². The number of fused-ring (bicyclic) bond motifs is 1. The van der Waals surface area contributed by atoms with Crippen LogP contribution in [-0.4, -0.2) is 27.5 Å². The molecule has 0 radical (unpaired) electrons. The Hall–Kier alpha value is -3.59. The van der Waals surface area contributed by atoms with Crippen molar-refractivity contribution < 1.29 is 18.4 Å². The highest BCUT2D eigenvalue weighted by Gasteiger charge is 2.20. The lowest BCUT2D eigenvalue weighted by Crippen LogP contribution is -2.28. The maximum absolute atomic E-state index is 12.7. The largest absolute Gasteiger partial charge is 0.467 e. The van der Waals surface area contributed by atoms with Crippen LogP contribution in [0.2, 0.25) is 0 Å². The van der Waals surface area contributed by atoms with E-state index in [1.54, 1.807) is 42.7 Å². The molecule has 2 amide bonds. The fourth-order valence-corrected chi connectivity index (χ4v) is 3.82. The standard InChI is InChI=1S/C23H22N4O4S/c1-13-15(3)31-22-19(13)20(25-21(29)16-8-5-4-6-9-16)26-23(27-22)32-12-18(28)24-14(2)17-10-7-11-30-17/h4-11,14H,12H2,1-3H3,(H,24,28)(H,25,26,27,29). The summed E-state index contributed by atoms with van der Waals surface area (Å²) in [5.74, 6) is 1.34. The van der Waals surface area contributed by atoms with E-state index >= 15 is 0 Å². The molecule has 2 N–H and O–H groups in total. The molecule has 9 heteroatoms. The molecule has 4 rings (SSSR count). The predicted octanol–water partition coefficient (Wildman–Crippen LogP) is 4.65. The van der Waals surface area contributed by atoms with E-state index in [1.165, 1.54) is 0 Å². The fraction of sp³-hybridized carbons (Fsp3) is 0.217. The minimum Gasteiger partial charge on any atom is -0.467 e. The van der Waals surface area contributed by atoms with Gasteiger partial charge in [0.25, 0.3) is 5.91 Å². The zero-order chi connectivity index (χ0) is 22.7. The molecule has 8 nitrogen and oxygen atoms in total. The average molecular weight is 451 g/mol. The highest BCUT2D eigenvalue weighted by atomic mass is 32.2. The van der Waals surface area contributed by atoms with Crippen molar-refractivity contribution >= 4 is 40.5 Å². The molecule has 0 saturated carbocycles. The summed E-state index contributed by atoms with van der Waals surface area (Å²) in [6.45, 7) is 5.56. The molecule has 0 aliphatic heterocycles. The zero-order valence-corrected chi connectivity index (χ0v) is 18.7. The summed E-state index contributed by atoms with van der Waals surface area (Å²) >= 11 is 1.16. The lowest BCUT2D eigenvalue weighted by molar-refractivity contribution is -0.119. The second kappa shape index (κ2) is 9.27. The maximum Gasteiger partial charge on any atom is 0.256 e. The highest BCUT2D eigenvalue weighted by molar-refractivity contribution is 7.99. The Morgan fingerprint density at radius 1 is 1.09 bits per heavy atom. The average Bonchev–Trinajstić information content (AvgIpc) is 3.42. The fourth-order valence-electron chi connectivity index (χ4n) is 3.18. The number of thioether (sulfide) groups is 1. The number of aromatic nitrogens is 2. The molecular formula is C23H22N4O4S. The van der Waals surface area contributed by atoms with Gasteiger partial charge >= 0.3 is 0 Å². The Balaban J connectivity index is 1.53. The number of benzene rings is 1. The van der Waals surface area contributed by atoms with Crippen molar-refractivity contribution in [3.05, 3.63) is 71.4 Å². The van der Waals surface area contributed by atoms with Crippen LogP contribution in [0.3, 0.4) is 0 Å². The summed E-state index contributed by atoms with van der Waals surface area (Å²) in [5, 5.41) is 6.70. The predicted molar refractivity (Wildman–Crippen MR) is 122 cm³/mol. The topological polar surface area (TPSA) is 110 Å². The summed E-state index contributed by atoms with van der Waals surface area (Å²) in [7, 11) is 0. The molecule has 0 bridgehead atoms. The lowest BCUT2D eigenvalue weighted by atomic mass is 10.2. The van der Waals surface area contributed by atoms with Gasteiger partial charge in [-0.1, -0.05) is 30.0 Å². The zero-order valence-electron chi connectivity index (χ0n) is 17.8. The lowest BCUT2D eigenvalue weighted by Gasteiger charge is -2.11. The summed E-state index contributed by atoms with van der Waals surface area (Å²) < 4.78 is 11.1. The van der Waals surface area contributed by atoms with Crippen LogP contribution in [-0.2, 0) is 4.79 Å². The van der Waals surface area contributed by atoms with Crippen molar-refractivity contribution in [3.8, 4) is 0 Å². The van der Waals surface area contributed by atoms with Gasteiger partial charge in [-0.15, -0.1) is 0 Å². The number of hydrogen-bond acceptors (Lipinski definition) is 7. The van der Waals surface area contributed by atoms with Crippen LogP contribution in [0.5, 0.6) is 0 Å². The maximum atomic E-state index is 12.7. The number of rotatable bonds is 7. The SMILES string of the molecule is Cc1oc2nc(SCC(=O)NC(C)c3ccco3)nc(NC(=O)c3ccccc3)c2c1C. The third-order valence-electron chi connectivity index (χ3n) is 4.96. The Kier molecular flexibility index (Phi) is 6.27. The summed E-state index contributed by atoms with van der Waals surface area (Å²) in [6, 6.07) is 12.2. The number of carbonyl (C=O) groups excluding carboxylic acids is 2. The van der Waals surface area contributed by atoms with Gasteiger partial charge in [0.2, 0.25) is 11.6 Å². The van der Waals surface area contributed by atoms with Crippen LogP contribution >= 0.6 is 11.8 Å². The van der Waals surface area contributed by atoms with E-state index in [9.17, 15) is 9.59 Å². The van der Waals surface area contributed by atoms with Gasteiger partial charge in [-0.3, -0.25) is 9.59 Å². The number of nitrogens with zero attached hydrogens (tertiary/aromatic N) is 2. The highest BCUT2D eigenvalue weighted by Crippen LogP contribution is 2.31. The van der Waals surface area contributed by atoms with E-state index < -0.39 is 0 Å². The van der Waals surface area contributed by atoms with E-state index in [0.717, 1.165) is 17.3 Å². The Morgan fingerprint density at radius 3 is 2.59 bits per heavy atom. The monoisotopic (exact) mass is 450 g/mol. The number of furan rings is 2. The van der Waals surface area contributed by atoms with Crippen LogP contribution in [0.4, 0.5) is 5.82 Å². The van der Waals surface area contributed by atoms with Crippen molar-refractivity contribution in [2.45, 2.75) is 32.0 Å². The second-order valence-corrected chi connectivity index (χ2v) is 8.17. The summed E-state index contributed by atoms with van der Waals surface area (Å²) in [4.78, 5) is 34.0. The van der Waals surface area contributed by atoms with Gasteiger partial charge in [0.1, 0.15) is 17.3 Å². The first kappa shape index (κ1) is 21.6. The molecule has 32 heavy (non-hydrogen) atoms. The number of nitrogens with one attached hydrogen (secondary N) is 2. The Morgan fingerprint density at radius 2 is 1.88 bits per heavy atom. The van der Waals surface area contributed by atoms with Crippen molar-refractivity contribution in [2.75, 3.05) is 11.1 Å². The number of anilines is 1. The van der Waals surface area contributed by atoms with Crippen molar-refractivity contribution in [1.82, 2.24) is 15.3 Å². The molecule has 1 unspecified atom stereocenters. The molecule has 3 aromatic heterocycles. The molecule has 0 spiro atoms. The third-order valence-corrected chi connectivity index (χ3v) is 5.80. The number of amides is 2. The van der Waals surface area contributed by atoms with Crippen LogP contribution in [0.1, 0.15) is 40.4 Å². The van der Waals surface area contributed by atoms with Gasteiger partial charge in [-0.25, -0.2) is 4.98 Å². The third kappa shape index (κ3) is 4.67. The molecule has 0 aliphatic carbocycles. The Labute approximate surface area is 188 Å². The number of aryl methyl sites for hydroxylation is 2. The van der Waals surface area contributed by atoms with Gasteiger partial charge in [-0.2, -0.15) is 4.98 Å². The quantitative estimate of drug-likeness (QED) is 0.311. The van der Waals surface area contributed by atoms with Crippen molar-refractivity contribution in [2.24, 2.45) is 0 Å². The van der Waals surface area contributed by atoms with Crippen LogP contribution in [0.25, 0.3) is 11.1 Å². The van der Waals surface area contributed by atoms with Crippen LogP contribution in [0, 0.1) is 13.8 Å². The minimum atomic E-state index is -0.287. The number of hydrogen-bond donors (Lipinski definition) is 2. The molecule has 4 aromatic rings. The van der Waals surface area contributed by atoms with Gasteiger partial charge in [-0.05, 0) is 45.0 Å². The van der Waals surface area contributed by atoms with Crippen molar-refractivity contribution in [1.29, 1.82) is 0 Å². The molecule has 0 saturated heterocycles.